The number of piperidine rings is 1. The fourth-order valence-electron chi connectivity index (χ4n) is 8.71. The zero-order valence-corrected chi connectivity index (χ0v) is 26.7. The zero-order chi connectivity index (χ0) is 32.2. The van der Waals surface area contributed by atoms with Crippen LogP contribution in [0.4, 0.5) is 8.78 Å². The second-order valence-electron chi connectivity index (χ2n) is 14.9. The Morgan fingerprint density at radius 2 is 1.89 bits per heavy atom. The van der Waals surface area contributed by atoms with Crippen LogP contribution in [0.3, 0.4) is 0 Å². The number of hydrogen-bond acceptors (Lipinski definition) is 5. The molecule has 47 heavy (non-hydrogen) atoms. The smallest absolute Gasteiger partial charge is 0.254 e. The van der Waals surface area contributed by atoms with Gasteiger partial charge < -0.3 is 25.1 Å². The summed E-state index contributed by atoms with van der Waals surface area (Å²) in [7, 11) is 0. The number of alkyl halides is 1. The molecule has 246 valence electrons. The molecule has 6 atom stereocenters. The van der Waals surface area contributed by atoms with Gasteiger partial charge in [0.1, 0.15) is 22.6 Å². The van der Waals surface area contributed by atoms with Gasteiger partial charge in [-0.05, 0) is 94.5 Å². The van der Waals surface area contributed by atoms with Gasteiger partial charge in [-0.25, -0.2) is 18.7 Å². The molecule has 5 aliphatic rings. The van der Waals surface area contributed by atoms with Crippen LogP contribution in [-0.2, 0) is 11.3 Å². The maximum Gasteiger partial charge on any atom is 0.254 e. The first kappa shape index (κ1) is 29.3. The summed E-state index contributed by atoms with van der Waals surface area (Å²) in [5.74, 6) is -0.323. The van der Waals surface area contributed by atoms with E-state index in [0.717, 1.165) is 61.7 Å². The van der Waals surface area contributed by atoms with Crippen molar-refractivity contribution in [3.8, 4) is 11.5 Å². The van der Waals surface area contributed by atoms with Crippen LogP contribution < -0.4 is 11.1 Å². The molecule has 3 N–H and O–H groups in total. The lowest BCUT2D eigenvalue weighted by molar-refractivity contribution is -0.124. The molecule has 4 fully saturated rings. The lowest BCUT2D eigenvalue weighted by Crippen LogP contribution is -2.51. The van der Waals surface area contributed by atoms with Gasteiger partial charge in [0.15, 0.2) is 5.82 Å². The molecule has 9 rings (SSSR count). The van der Waals surface area contributed by atoms with Gasteiger partial charge in [-0.2, -0.15) is 0 Å². The Morgan fingerprint density at radius 3 is 2.72 bits per heavy atom. The number of benzene rings is 1. The van der Waals surface area contributed by atoms with Gasteiger partial charge >= 0.3 is 0 Å². The zero-order valence-electron chi connectivity index (χ0n) is 26.7. The fourth-order valence-corrected chi connectivity index (χ4v) is 8.71. The summed E-state index contributed by atoms with van der Waals surface area (Å²) in [5.41, 5.74) is 8.53. The minimum Gasteiger partial charge on any atom is -0.348 e. The molecule has 11 heteroatoms. The molecule has 3 saturated carbocycles. The SMILES string of the molecule is C[C@H]1NC(=O)[C@@H]2C[C@]2(F)CCCCCn2c(-c3nc4cc(C(=O)N5C[C@H](N)[C@@H]6CC[C@H]5C6)cc(F)c4n3C3CC3)cc3ccc1nc32. The van der Waals surface area contributed by atoms with Crippen LogP contribution in [0.15, 0.2) is 30.3 Å². The van der Waals surface area contributed by atoms with E-state index in [1.54, 1.807) is 6.07 Å². The lowest BCUT2D eigenvalue weighted by Gasteiger charge is -2.37. The van der Waals surface area contributed by atoms with Gasteiger partial charge in [0, 0.05) is 42.2 Å². The second-order valence-corrected chi connectivity index (χ2v) is 14.9. The predicted octanol–water partition coefficient (Wildman–Crippen LogP) is 5.96. The predicted molar refractivity (Wildman–Crippen MR) is 174 cm³/mol. The van der Waals surface area contributed by atoms with Gasteiger partial charge in [0.25, 0.3) is 5.91 Å². The maximum absolute atomic E-state index is 16.2. The van der Waals surface area contributed by atoms with Crippen molar-refractivity contribution in [1.82, 2.24) is 29.3 Å². The molecule has 0 radical (unpaired) electrons. The quantitative estimate of drug-likeness (QED) is 0.287. The van der Waals surface area contributed by atoms with Gasteiger partial charge in [-0.15, -0.1) is 0 Å². The van der Waals surface area contributed by atoms with Crippen LogP contribution in [0, 0.1) is 17.7 Å². The monoisotopic (exact) mass is 641 g/mol. The number of carbonyl (C=O) groups is 2. The number of nitrogens with one attached hydrogen (secondary N) is 1. The van der Waals surface area contributed by atoms with Crippen LogP contribution in [-0.4, -0.2) is 60.1 Å². The van der Waals surface area contributed by atoms with E-state index in [2.05, 4.69) is 16.0 Å². The highest BCUT2D eigenvalue weighted by Crippen LogP contribution is 2.51. The molecule has 1 saturated heterocycles. The van der Waals surface area contributed by atoms with Crippen molar-refractivity contribution < 1.29 is 18.4 Å². The van der Waals surface area contributed by atoms with Crippen molar-refractivity contribution in [2.45, 2.75) is 108 Å². The van der Waals surface area contributed by atoms with Gasteiger partial charge in [0.05, 0.1) is 28.9 Å². The largest absolute Gasteiger partial charge is 0.348 e. The maximum atomic E-state index is 16.2. The summed E-state index contributed by atoms with van der Waals surface area (Å²) >= 11 is 0. The van der Waals surface area contributed by atoms with Crippen LogP contribution in [0.25, 0.3) is 33.6 Å². The number of nitrogens with zero attached hydrogens (tertiary/aromatic N) is 5. The summed E-state index contributed by atoms with van der Waals surface area (Å²) in [5, 5.41) is 3.92. The number of hydrogen-bond donors (Lipinski definition) is 2. The van der Waals surface area contributed by atoms with E-state index in [1.807, 2.05) is 28.5 Å². The summed E-state index contributed by atoms with van der Waals surface area (Å²) in [6.07, 6.45) is 7.75. The number of rotatable bonds is 3. The molecule has 4 aromatic rings. The van der Waals surface area contributed by atoms with Crippen LogP contribution >= 0.6 is 0 Å². The number of fused-ring (bicyclic) bond motifs is 5. The van der Waals surface area contributed by atoms with Crippen molar-refractivity contribution in [3.63, 3.8) is 0 Å². The average molecular weight is 642 g/mol. The number of aromatic nitrogens is 4. The van der Waals surface area contributed by atoms with E-state index >= 15 is 8.78 Å². The Balaban J connectivity index is 1.13. The van der Waals surface area contributed by atoms with Crippen molar-refractivity contribution in [1.29, 1.82) is 0 Å². The van der Waals surface area contributed by atoms with Gasteiger partial charge in [-0.3, -0.25) is 9.59 Å². The van der Waals surface area contributed by atoms with E-state index in [1.165, 1.54) is 6.07 Å². The van der Waals surface area contributed by atoms with E-state index in [-0.39, 0.29) is 42.4 Å². The number of amides is 2. The first-order valence-corrected chi connectivity index (χ1v) is 17.5. The third-order valence-corrected chi connectivity index (χ3v) is 11.7. The van der Waals surface area contributed by atoms with Gasteiger partial charge in [-0.1, -0.05) is 12.8 Å². The fraction of sp³-hybridized carbons (Fsp3) is 0.556. The molecule has 4 bridgehead atoms. The number of likely N-dealkylation sites (tertiary alicyclic amines) is 1. The van der Waals surface area contributed by atoms with E-state index in [0.29, 0.717) is 60.0 Å². The molecule has 0 unspecified atom stereocenters. The molecular weight excluding hydrogens is 600 g/mol. The summed E-state index contributed by atoms with van der Waals surface area (Å²) in [6.45, 7) is 3.03. The Bertz CT molecular complexity index is 1950. The van der Waals surface area contributed by atoms with Crippen LogP contribution in [0.1, 0.15) is 99.3 Å². The minimum absolute atomic E-state index is 0.0474. The Hall–Kier alpha value is -3.86. The highest BCUT2D eigenvalue weighted by molar-refractivity contribution is 5.98. The molecule has 2 amide bonds. The first-order valence-electron chi connectivity index (χ1n) is 17.5. The number of imidazole rings is 1. The van der Waals surface area contributed by atoms with Crippen LogP contribution in [0.2, 0.25) is 0 Å². The number of nitrogens with two attached hydrogens (primary N) is 1. The van der Waals surface area contributed by atoms with E-state index < -0.39 is 17.4 Å². The molecule has 3 aromatic heterocycles. The summed E-state index contributed by atoms with van der Waals surface area (Å²) < 4.78 is 35.6. The Kier molecular flexibility index (Phi) is 6.59. The summed E-state index contributed by atoms with van der Waals surface area (Å²) in [4.78, 5) is 38.6. The number of pyridine rings is 1. The summed E-state index contributed by atoms with van der Waals surface area (Å²) in [6, 6.07) is 8.96. The van der Waals surface area contributed by atoms with Crippen molar-refractivity contribution in [2.24, 2.45) is 17.6 Å². The molecule has 2 aliphatic heterocycles. The molecule has 0 spiro atoms. The minimum atomic E-state index is -1.41. The Labute approximate surface area is 271 Å². The number of aryl methyl sites for hydroxylation is 1. The van der Waals surface area contributed by atoms with Crippen molar-refractivity contribution in [2.75, 3.05) is 6.54 Å². The molecule has 9 nitrogen and oxygen atoms in total. The molecule has 3 aliphatic carbocycles. The van der Waals surface area contributed by atoms with Crippen molar-refractivity contribution >= 4 is 33.9 Å². The number of carbonyl (C=O) groups excluding carboxylic acids is 2. The highest BCUT2D eigenvalue weighted by Gasteiger charge is 2.59. The normalized spacial score (nSPS) is 30.9. The lowest BCUT2D eigenvalue weighted by atomic mass is 9.94. The Morgan fingerprint density at radius 1 is 1.06 bits per heavy atom. The standard InChI is InChI=1S/C36H41F2N7O2/c1-19-28-10-6-21-16-30(43(32(21)41-28)12-4-2-3-11-36(38)17-25(36)34(46)40-19)33-42-29-15-22(14-26(37)31(29)45(33)23-8-9-23)35(47)44-18-27(39)20-5-7-24(44)13-20/h6,10,14-16,19-20,23-25,27H,2-5,7-9,11-13,17-18,39H2,1H3,(H,40,46)/t19-,20-,24+,25+,27+,36-/m1/s1. The van der Waals surface area contributed by atoms with Crippen LogP contribution in [0.5, 0.6) is 0 Å². The third kappa shape index (κ3) is 4.78. The van der Waals surface area contributed by atoms with E-state index in [4.69, 9.17) is 15.7 Å². The first-order chi connectivity index (χ1) is 22.7. The third-order valence-electron chi connectivity index (χ3n) is 11.7. The number of halogens is 2. The van der Waals surface area contributed by atoms with E-state index in [9.17, 15) is 9.59 Å². The molecular formula is C36H41F2N7O2. The average Bonchev–Trinajstić information content (AvgIpc) is 3.86. The molecule has 5 heterocycles. The topological polar surface area (TPSA) is 111 Å². The highest BCUT2D eigenvalue weighted by atomic mass is 19.1. The van der Waals surface area contributed by atoms with Crippen molar-refractivity contribution in [3.05, 3.63) is 47.4 Å². The molecule has 1 aromatic carbocycles. The van der Waals surface area contributed by atoms with Gasteiger partial charge in [0.2, 0.25) is 5.91 Å². The second kappa shape index (κ2) is 10.6.